The second-order valence-corrected chi connectivity index (χ2v) is 8.13. The van der Waals surface area contributed by atoms with Crippen LogP contribution in [-0.4, -0.2) is 37.4 Å². The van der Waals surface area contributed by atoms with E-state index in [2.05, 4.69) is 38.0 Å². The summed E-state index contributed by atoms with van der Waals surface area (Å²) in [6.45, 7) is 3.58. The van der Waals surface area contributed by atoms with Crippen LogP contribution >= 0.6 is 15.9 Å². The zero-order chi connectivity index (χ0) is 22.3. The van der Waals surface area contributed by atoms with Gasteiger partial charge in [-0.3, -0.25) is 15.1 Å². The molecule has 1 aliphatic rings. The lowest BCUT2D eigenvalue weighted by atomic mass is 10.2. The highest BCUT2D eigenvalue weighted by Crippen LogP contribution is 2.27. The molecule has 3 aromatic rings. The van der Waals surface area contributed by atoms with E-state index in [0.29, 0.717) is 5.75 Å². The van der Waals surface area contributed by atoms with E-state index in [0.717, 1.165) is 47.6 Å². The summed E-state index contributed by atoms with van der Waals surface area (Å²) < 4.78 is 12.0. The van der Waals surface area contributed by atoms with Crippen LogP contribution in [0.4, 0.5) is 17.1 Å². The third-order valence-corrected chi connectivity index (χ3v) is 5.68. The van der Waals surface area contributed by atoms with Gasteiger partial charge in [-0.15, -0.1) is 0 Å². The number of hydrogen-bond acceptors (Lipinski definition) is 6. The molecule has 0 spiro atoms. The summed E-state index contributed by atoms with van der Waals surface area (Å²) in [6, 6.07) is 20.3. The van der Waals surface area contributed by atoms with Gasteiger partial charge in [0.25, 0.3) is 5.69 Å². The molecule has 0 bridgehead atoms. The van der Waals surface area contributed by atoms with Crippen molar-refractivity contribution in [2.24, 2.45) is 4.99 Å². The van der Waals surface area contributed by atoms with Gasteiger partial charge in [-0.25, -0.2) is 0 Å². The molecule has 8 heteroatoms. The number of non-ortho nitro benzene ring substituents is 1. The van der Waals surface area contributed by atoms with Gasteiger partial charge in [0, 0.05) is 37.1 Å². The highest BCUT2D eigenvalue weighted by Gasteiger charge is 2.11. The number of nitrogens with zero attached hydrogens (tertiary/aromatic N) is 3. The fourth-order valence-corrected chi connectivity index (χ4v) is 3.87. The molecule has 0 N–H and O–H groups in total. The first-order valence-electron chi connectivity index (χ1n) is 10.2. The summed E-state index contributed by atoms with van der Waals surface area (Å²) in [5, 5.41) is 10.9. The number of benzene rings is 3. The normalized spacial score (nSPS) is 14.0. The fourth-order valence-electron chi connectivity index (χ4n) is 3.36. The third-order valence-electron chi connectivity index (χ3n) is 5.06. The first-order valence-corrected chi connectivity index (χ1v) is 11.0. The standard InChI is InChI=1S/C24H22BrN3O4/c25-23-15-18(4-9-24(23)32-17-19-2-1-3-22(14-19)28(29)30)16-26-20-5-7-21(8-6-20)27-10-12-31-13-11-27/h1-9,14-16H,10-13,17H2. The van der Waals surface area contributed by atoms with Gasteiger partial charge in [0.2, 0.25) is 0 Å². The second kappa shape index (κ2) is 10.4. The Morgan fingerprint density at radius 1 is 1.09 bits per heavy atom. The Morgan fingerprint density at radius 2 is 1.88 bits per heavy atom. The molecule has 0 unspecified atom stereocenters. The number of nitro groups is 1. The molecule has 1 saturated heterocycles. The van der Waals surface area contributed by atoms with Crippen molar-refractivity contribution in [3.63, 3.8) is 0 Å². The molecule has 0 aliphatic carbocycles. The smallest absolute Gasteiger partial charge is 0.269 e. The number of rotatable bonds is 7. The number of hydrogen-bond donors (Lipinski definition) is 0. The Morgan fingerprint density at radius 3 is 2.59 bits per heavy atom. The minimum Gasteiger partial charge on any atom is -0.488 e. The zero-order valence-corrected chi connectivity index (χ0v) is 18.9. The molecule has 1 fully saturated rings. The Kier molecular flexibility index (Phi) is 7.14. The molecular weight excluding hydrogens is 474 g/mol. The first-order chi connectivity index (χ1) is 15.6. The van der Waals surface area contributed by atoms with E-state index in [1.807, 2.05) is 30.3 Å². The predicted octanol–water partition coefficient (Wildman–Crippen LogP) is 5.52. The van der Waals surface area contributed by atoms with Crippen LogP contribution < -0.4 is 9.64 Å². The molecule has 164 valence electrons. The summed E-state index contributed by atoms with van der Waals surface area (Å²) in [6.07, 6.45) is 1.80. The number of halogens is 1. The predicted molar refractivity (Wildman–Crippen MR) is 128 cm³/mol. The average Bonchev–Trinajstić information content (AvgIpc) is 2.83. The molecule has 0 atom stereocenters. The van der Waals surface area contributed by atoms with Crippen LogP contribution in [0.2, 0.25) is 0 Å². The monoisotopic (exact) mass is 495 g/mol. The quantitative estimate of drug-likeness (QED) is 0.245. The molecule has 3 aromatic carbocycles. The summed E-state index contributed by atoms with van der Waals surface area (Å²) in [5.74, 6) is 0.656. The number of nitro benzene ring substituents is 1. The van der Waals surface area contributed by atoms with Gasteiger partial charge in [-0.1, -0.05) is 12.1 Å². The summed E-state index contributed by atoms with van der Waals surface area (Å²) in [4.78, 5) is 17.4. The Bertz CT molecular complexity index is 1110. The van der Waals surface area contributed by atoms with Crippen LogP contribution in [0.3, 0.4) is 0 Å². The molecule has 7 nitrogen and oxygen atoms in total. The summed E-state index contributed by atoms with van der Waals surface area (Å²) >= 11 is 3.53. The van der Waals surface area contributed by atoms with Crippen molar-refractivity contribution < 1.29 is 14.4 Å². The maximum absolute atomic E-state index is 10.9. The van der Waals surface area contributed by atoms with Crippen molar-refractivity contribution in [3.8, 4) is 5.75 Å². The molecule has 0 amide bonds. The second-order valence-electron chi connectivity index (χ2n) is 7.28. The van der Waals surface area contributed by atoms with Crippen LogP contribution in [0.25, 0.3) is 0 Å². The number of anilines is 1. The van der Waals surface area contributed by atoms with Crippen LogP contribution in [0.1, 0.15) is 11.1 Å². The van der Waals surface area contributed by atoms with Crippen LogP contribution in [0, 0.1) is 10.1 Å². The van der Waals surface area contributed by atoms with E-state index < -0.39 is 4.92 Å². The van der Waals surface area contributed by atoms with Crippen molar-refractivity contribution in [2.75, 3.05) is 31.2 Å². The zero-order valence-electron chi connectivity index (χ0n) is 17.3. The van der Waals surface area contributed by atoms with Crippen molar-refractivity contribution in [1.29, 1.82) is 0 Å². The molecule has 1 aliphatic heterocycles. The van der Waals surface area contributed by atoms with Gasteiger partial charge in [0.1, 0.15) is 12.4 Å². The SMILES string of the molecule is O=[N+]([O-])c1cccc(COc2ccc(C=Nc3ccc(N4CCOCC4)cc3)cc2Br)c1. The Labute approximate surface area is 194 Å². The van der Waals surface area contributed by atoms with Crippen LogP contribution in [-0.2, 0) is 11.3 Å². The number of aliphatic imine (C=N–C) groups is 1. The largest absolute Gasteiger partial charge is 0.488 e. The van der Waals surface area contributed by atoms with Gasteiger partial charge in [0.15, 0.2) is 0 Å². The Balaban J connectivity index is 1.37. The van der Waals surface area contributed by atoms with E-state index in [-0.39, 0.29) is 12.3 Å². The molecule has 0 aromatic heterocycles. The lowest BCUT2D eigenvalue weighted by Gasteiger charge is -2.28. The number of ether oxygens (including phenoxy) is 2. The van der Waals surface area contributed by atoms with Crippen molar-refractivity contribution >= 4 is 39.2 Å². The highest BCUT2D eigenvalue weighted by molar-refractivity contribution is 9.10. The lowest BCUT2D eigenvalue weighted by molar-refractivity contribution is -0.384. The van der Waals surface area contributed by atoms with E-state index in [9.17, 15) is 10.1 Å². The molecular formula is C24H22BrN3O4. The topological polar surface area (TPSA) is 77.2 Å². The highest BCUT2D eigenvalue weighted by atomic mass is 79.9. The van der Waals surface area contributed by atoms with Gasteiger partial charge in [0.05, 0.1) is 28.3 Å². The van der Waals surface area contributed by atoms with Gasteiger partial charge in [-0.2, -0.15) is 0 Å². The van der Waals surface area contributed by atoms with Gasteiger partial charge in [-0.05, 0) is 69.5 Å². The van der Waals surface area contributed by atoms with E-state index >= 15 is 0 Å². The van der Waals surface area contributed by atoms with Crippen LogP contribution in [0.15, 0.2) is 76.2 Å². The molecule has 0 radical (unpaired) electrons. The average molecular weight is 496 g/mol. The maximum atomic E-state index is 10.9. The third kappa shape index (κ3) is 5.72. The molecule has 4 rings (SSSR count). The Hall–Kier alpha value is -3.23. The lowest BCUT2D eigenvalue weighted by Crippen LogP contribution is -2.36. The maximum Gasteiger partial charge on any atom is 0.269 e. The van der Waals surface area contributed by atoms with Crippen molar-refractivity contribution in [3.05, 3.63) is 92.4 Å². The summed E-state index contributed by atoms with van der Waals surface area (Å²) in [5.41, 5.74) is 3.77. The summed E-state index contributed by atoms with van der Waals surface area (Å²) in [7, 11) is 0. The fraction of sp³-hybridized carbons (Fsp3) is 0.208. The minimum absolute atomic E-state index is 0.0507. The minimum atomic E-state index is -0.413. The molecule has 1 heterocycles. The van der Waals surface area contributed by atoms with Crippen LogP contribution in [0.5, 0.6) is 5.75 Å². The number of morpholine rings is 1. The molecule has 32 heavy (non-hydrogen) atoms. The molecule has 0 saturated carbocycles. The van der Waals surface area contributed by atoms with Crippen molar-refractivity contribution in [2.45, 2.75) is 6.61 Å². The first kappa shape index (κ1) is 22.0. The van der Waals surface area contributed by atoms with E-state index in [4.69, 9.17) is 9.47 Å². The van der Waals surface area contributed by atoms with Gasteiger partial charge >= 0.3 is 0 Å². The van der Waals surface area contributed by atoms with Gasteiger partial charge < -0.3 is 14.4 Å². The van der Waals surface area contributed by atoms with E-state index in [1.54, 1.807) is 18.3 Å². The van der Waals surface area contributed by atoms with Crippen molar-refractivity contribution in [1.82, 2.24) is 0 Å². The van der Waals surface area contributed by atoms with E-state index in [1.165, 1.54) is 17.8 Å².